The molecule has 0 unspecified atom stereocenters. The van der Waals surface area contributed by atoms with Crippen LogP contribution in [0.1, 0.15) is 25.0 Å². The zero-order valence-corrected chi connectivity index (χ0v) is 17.6. The number of rotatable bonds is 5. The Morgan fingerprint density at radius 2 is 1.88 bits per heavy atom. The standard InChI is InChI=1S/C21H17ClF4N4O2/c1-20(2,19(27)32)7-10-3-4-13(22)16(17(10)23)18-29-14(6-15(31)30-18)11-5-12(9-28-8-11)21(24,25)26/h3-6,8-9H,7H2,1-2H3,(H2,27,32)(H,29,30,31). The number of benzene rings is 1. The zero-order valence-electron chi connectivity index (χ0n) is 16.8. The molecule has 32 heavy (non-hydrogen) atoms. The predicted octanol–water partition coefficient (Wildman–Crippen LogP) is 4.36. The number of carbonyl (C=O) groups is 1. The Balaban J connectivity index is 2.15. The lowest BCUT2D eigenvalue weighted by atomic mass is 9.84. The van der Waals surface area contributed by atoms with Gasteiger partial charge in [-0.1, -0.05) is 31.5 Å². The first-order valence-corrected chi connectivity index (χ1v) is 9.58. The second-order valence-corrected chi connectivity index (χ2v) is 8.17. The summed E-state index contributed by atoms with van der Waals surface area (Å²) in [6.45, 7) is 3.09. The van der Waals surface area contributed by atoms with E-state index in [0.717, 1.165) is 18.3 Å². The second-order valence-electron chi connectivity index (χ2n) is 7.76. The summed E-state index contributed by atoms with van der Waals surface area (Å²) in [7, 11) is 0. The molecule has 0 fully saturated rings. The first-order valence-electron chi connectivity index (χ1n) is 9.21. The topological polar surface area (TPSA) is 102 Å². The van der Waals surface area contributed by atoms with Gasteiger partial charge in [0.05, 0.1) is 21.8 Å². The average molecular weight is 469 g/mol. The van der Waals surface area contributed by atoms with Crippen molar-refractivity contribution in [1.29, 1.82) is 0 Å². The van der Waals surface area contributed by atoms with Crippen LogP contribution in [0.25, 0.3) is 22.6 Å². The molecule has 0 radical (unpaired) electrons. The minimum Gasteiger partial charge on any atom is -0.369 e. The van der Waals surface area contributed by atoms with Crippen molar-refractivity contribution >= 4 is 17.5 Å². The van der Waals surface area contributed by atoms with Gasteiger partial charge in [0.1, 0.15) is 11.6 Å². The van der Waals surface area contributed by atoms with E-state index in [1.807, 2.05) is 0 Å². The molecule has 1 aromatic carbocycles. The number of H-pyrrole nitrogens is 1. The molecule has 1 amide bonds. The molecule has 0 spiro atoms. The number of hydrogen-bond acceptors (Lipinski definition) is 4. The number of nitrogens with one attached hydrogen (secondary N) is 1. The number of amides is 1. The van der Waals surface area contributed by atoms with E-state index in [0.29, 0.717) is 6.20 Å². The summed E-state index contributed by atoms with van der Waals surface area (Å²) in [6.07, 6.45) is -2.97. The lowest BCUT2D eigenvalue weighted by Gasteiger charge is -2.21. The monoisotopic (exact) mass is 468 g/mol. The van der Waals surface area contributed by atoms with Crippen LogP contribution < -0.4 is 11.3 Å². The predicted molar refractivity (Wildman–Crippen MR) is 110 cm³/mol. The van der Waals surface area contributed by atoms with Crippen LogP contribution in [-0.4, -0.2) is 20.9 Å². The minimum absolute atomic E-state index is 0.0557. The van der Waals surface area contributed by atoms with Crippen LogP contribution in [-0.2, 0) is 17.4 Å². The molecule has 11 heteroatoms. The van der Waals surface area contributed by atoms with E-state index in [9.17, 15) is 22.8 Å². The van der Waals surface area contributed by atoms with Gasteiger partial charge in [-0.2, -0.15) is 13.2 Å². The van der Waals surface area contributed by atoms with Crippen molar-refractivity contribution in [3.05, 3.63) is 69.0 Å². The molecule has 0 bridgehead atoms. The second kappa shape index (κ2) is 8.34. The van der Waals surface area contributed by atoms with Crippen molar-refractivity contribution in [3.63, 3.8) is 0 Å². The van der Waals surface area contributed by atoms with E-state index in [2.05, 4.69) is 15.0 Å². The number of carbonyl (C=O) groups excluding carboxylic acids is 1. The molecule has 0 aliphatic heterocycles. The number of nitrogens with zero attached hydrogens (tertiary/aromatic N) is 2. The van der Waals surface area contributed by atoms with Crippen LogP contribution in [0.15, 0.2) is 41.5 Å². The Morgan fingerprint density at radius 3 is 2.50 bits per heavy atom. The lowest BCUT2D eigenvalue weighted by Crippen LogP contribution is -2.33. The van der Waals surface area contributed by atoms with Crippen molar-refractivity contribution < 1.29 is 22.4 Å². The maximum atomic E-state index is 15.3. The first-order chi connectivity index (χ1) is 14.8. The maximum absolute atomic E-state index is 15.3. The van der Waals surface area contributed by atoms with E-state index in [-0.39, 0.29) is 39.7 Å². The van der Waals surface area contributed by atoms with Gasteiger partial charge in [-0.05, 0) is 24.1 Å². The number of aromatic amines is 1. The van der Waals surface area contributed by atoms with E-state index >= 15 is 4.39 Å². The van der Waals surface area contributed by atoms with Crippen LogP contribution in [0.3, 0.4) is 0 Å². The molecule has 6 nitrogen and oxygen atoms in total. The summed E-state index contributed by atoms with van der Waals surface area (Å²) in [5, 5.41) is -0.0920. The van der Waals surface area contributed by atoms with Gasteiger partial charge in [0, 0.05) is 29.4 Å². The first kappa shape index (κ1) is 23.4. The average Bonchev–Trinajstić information content (AvgIpc) is 2.69. The largest absolute Gasteiger partial charge is 0.417 e. The summed E-state index contributed by atoms with van der Waals surface area (Å²) < 4.78 is 54.4. The summed E-state index contributed by atoms with van der Waals surface area (Å²) in [5.41, 5.74) is 2.12. The zero-order chi connectivity index (χ0) is 23.8. The highest BCUT2D eigenvalue weighted by Crippen LogP contribution is 2.34. The SMILES string of the molecule is CC(C)(Cc1ccc(Cl)c(-c2nc(-c3cncc(C(F)(F)F)c3)cc(=O)[nH]2)c1F)C(N)=O. The molecule has 3 aromatic rings. The molecular weight excluding hydrogens is 452 g/mol. The molecule has 2 heterocycles. The number of halogens is 5. The Labute approximate surface area is 184 Å². The van der Waals surface area contributed by atoms with Crippen LogP contribution in [0.4, 0.5) is 17.6 Å². The number of alkyl halides is 3. The van der Waals surface area contributed by atoms with Gasteiger partial charge >= 0.3 is 6.18 Å². The number of primary amides is 1. The van der Waals surface area contributed by atoms with E-state index < -0.39 is 34.4 Å². The van der Waals surface area contributed by atoms with E-state index in [1.54, 1.807) is 13.8 Å². The molecule has 3 N–H and O–H groups in total. The molecule has 0 saturated carbocycles. The van der Waals surface area contributed by atoms with Crippen molar-refractivity contribution in [2.75, 3.05) is 0 Å². The van der Waals surface area contributed by atoms with Gasteiger partial charge in [-0.3, -0.25) is 14.6 Å². The van der Waals surface area contributed by atoms with Crippen molar-refractivity contribution in [2.45, 2.75) is 26.4 Å². The third-order valence-corrected chi connectivity index (χ3v) is 5.13. The van der Waals surface area contributed by atoms with Crippen LogP contribution in [0, 0.1) is 11.2 Å². The number of hydrogen-bond donors (Lipinski definition) is 2. The van der Waals surface area contributed by atoms with Crippen molar-refractivity contribution in [1.82, 2.24) is 15.0 Å². The van der Waals surface area contributed by atoms with Gasteiger partial charge in [0.2, 0.25) is 5.91 Å². The Kier molecular flexibility index (Phi) is 6.10. The summed E-state index contributed by atoms with van der Waals surface area (Å²) >= 11 is 6.15. The molecule has 0 aliphatic rings. The molecule has 3 rings (SSSR count). The molecular formula is C21H17ClF4N4O2. The molecule has 0 aliphatic carbocycles. The van der Waals surface area contributed by atoms with Gasteiger partial charge in [-0.15, -0.1) is 0 Å². The normalized spacial score (nSPS) is 12.1. The Morgan fingerprint density at radius 1 is 1.19 bits per heavy atom. The van der Waals surface area contributed by atoms with Crippen LogP contribution in [0.2, 0.25) is 5.02 Å². The number of pyridine rings is 1. The van der Waals surface area contributed by atoms with E-state index in [1.165, 1.54) is 12.1 Å². The smallest absolute Gasteiger partial charge is 0.369 e. The highest BCUT2D eigenvalue weighted by molar-refractivity contribution is 6.33. The highest BCUT2D eigenvalue weighted by Gasteiger charge is 2.31. The summed E-state index contributed by atoms with van der Waals surface area (Å²) in [5.74, 6) is -1.76. The number of aromatic nitrogens is 3. The quantitative estimate of drug-likeness (QED) is 0.543. The third kappa shape index (κ3) is 4.80. The van der Waals surface area contributed by atoms with Crippen LogP contribution >= 0.6 is 11.6 Å². The van der Waals surface area contributed by atoms with Crippen molar-refractivity contribution in [2.24, 2.45) is 11.1 Å². The van der Waals surface area contributed by atoms with Crippen LogP contribution in [0.5, 0.6) is 0 Å². The van der Waals surface area contributed by atoms with Gasteiger partial charge in [0.25, 0.3) is 5.56 Å². The number of nitrogens with two attached hydrogens (primary N) is 1. The lowest BCUT2D eigenvalue weighted by molar-refractivity contribution is -0.137. The van der Waals surface area contributed by atoms with Gasteiger partial charge in [0.15, 0.2) is 0 Å². The van der Waals surface area contributed by atoms with Gasteiger partial charge < -0.3 is 10.7 Å². The van der Waals surface area contributed by atoms with Crippen molar-refractivity contribution in [3.8, 4) is 22.6 Å². The fraction of sp³-hybridized carbons (Fsp3) is 0.238. The molecule has 0 saturated heterocycles. The highest BCUT2D eigenvalue weighted by atomic mass is 35.5. The maximum Gasteiger partial charge on any atom is 0.417 e. The fourth-order valence-corrected chi connectivity index (χ4v) is 3.21. The minimum atomic E-state index is -4.65. The Hall–Kier alpha value is -3.27. The van der Waals surface area contributed by atoms with E-state index in [4.69, 9.17) is 17.3 Å². The molecule has 2 aromatic heterocycles. The Bertz CT molecular complexity index is 1260. The fourth-order valence-electron chi connectivity index (χ4n) is 2.97. The summed E-state index contributed by atoms with van der Waals surface area (Å²) in [6, 6.07) is 4.49. The summed E-state index contributed by atoms with van der Waals surface area (Å²) in [4.78, 5) is 33.8. The molecule has 0 atom stereocenters. The molecule has 168 valence electrons. The third-order valence-electron chi connectivity index (χ3n) is 4.81. The van der Waals surface area contributed by atoms with Gasteiger partial charge in [-0.25, -0.2) is 9.37 Å².